The fourth-order valence-electron chi connectivity index (χ4n) is 2.22. The van der Waals surface area contributed by atoms with E-state index in [0.29, 0.717) is 12.6 Å². The number of carbonyl (C=O) groups is 1. The Bertz CT molecular complexity index is 249. The molecule has 1 amide bonds. The molecule has 96 valence electrons. The van der Waals surface area contributed by atoms with Gasteiger partial charge in [0.2, 0.25) is 5.91 Å². The van der Waals surface area contributed by atoms with E-state index in [1.165, 1.54) is 25.7 Å². The Morgan fingerprint density at radius 1 is 1.24 bits per heavy atom. The van der Waals surface area contributed by atoms with Crippen molar-refractivity contribution in [2.75, 3.05) is 13.1 Å². The molecule has 0 aromatic heterocycles. The number of amides is 1. The Hall–Kier alpha value is -1.01. The van der Waals surface area contributed by atoms with Gasteiger partial charge in [-0.05, 0) is 25.8 Å². The fourth-order valence-corrected chi connectivity index (χ4v) is 2.22. The molecule has 0 spiro atoms. The average Bonchev–Trinajstić information content (AvgIpc) is 2.57. The SMILES string of the molecule is C#CCCCNCC(=O)NC1CCCCCC1. The lowest BCUT2D eigenvalue weighted by atomic mass is 10.1. The second kappa shape index (κ2) is 9.07. The molecule has 0 unspecified atom stereocenters. The molecule has 1 rings (SSSR count). The molecule has 0 radical (unpaired) electrons. The summed E-state index contributed by atoms with van der Waals surface area (Å²) in [5, 5.41) is 6.23. The zero-order chi connectivity index (χ0) is 12.3. The van der Waals surface area contributed by atoms with Crippen molar-refractivity contribution in [2.45, 2.75) is 57.4 Å². The van der Waals surface area contributed by atoms with Crippen LogP contribution in [0, 0.1) is 12.3 Å². The minimum absolute atomic E-state index is 0.123. The average molecular weight is 236 g/mol. The highest BCUT2D eigenvalue weighted by atomic mass is 16.1. The lowest BCUT2D eigenvalue weighted by Crippen LogP contribution is -2.40. The van der Waals surface area contributed by atoms with Crippen molar-refractivity contribution in [3.05, 3.63) is 0 Å². The van der Waals surface area contributed by atoms with Crippen molar-refractivity contribution in [1.29, 1.82) is 0 Å². The number of rotatable bonds is 6. The first-order valence-corrected chi connectivity index (χ1v) is 6.76. The van der Waals surface area contributed by atoms with Gasteiger partial charge in [0.05, 0.1) is 6.54 Å². The lowest BCUT2D eigenvalue weighted by molar-refractivity contribution is -0.121. The zero-order valence-electron chi connectivity index (χ0n) is 10.6. The van der Waals surface area contributed by atoms with Crippen molar-refractivity contribution in [3.63, 3.8) is 0 Å². The van der Waals surface area contributed by atoms with E-state index in [1.807, 2.05) is 0 Å². The highest BCUT2D eigenvalue weighted by molar-refractivity contribution is 5.78. The molecule has 0 heterocycles. The van der Waals surface area contributed by atoms with Crippen LogP contribution < -0.4 is 10.6 Å². The molecule has 0 aromatic carbocycles. The lowest BCUT2D eigenvalue weighted by Gasteiger charge is -2.16. The maximum absolute atomic E-state index is 11.6. The Kier molecular flexibility index (Phi) is 7.49. The predicted octanol–water partition coefficient (Wildman–Crippen LogP) is 1.83. The molecule has 3 heteroatoms. The standard InChI is InChI=1S/C14H24N2O/c1-2-3-8-11-15-12-14(17)16-13-9-6-4-5-7-10-13/h1,13,15H,3-12H2,(H,16,17). The number of hydrogen-bond donors (Lipinski definition) is 2. The number of unbranched alkanes of at least 4 members (excludes halogenated alkanes) is 1. The third-order valence-corrected chi connectivity index (χ3v) is 3.18. The Balaban J connectivity index is 2.05. The number of carbonyl (C=O) groups excluding carboxylic acids is 1. The van der Waals surface area contributed by atoms with E-state index in [0.717, 1.165) is 32.2 Å². The first kappa shape index (κ1) is 14.1. The first-order chi connectivity index (χ1) is 8.33. The molecule has 1 aliphatic carbocycles. The molecule has 0 aromatic rings. The van der Waals surface area contributed by atoms with Crippen LogP contribution in [-0.4, -0.2) is 25.0 Å². The zero-order valence-corrected chi connectivity index (χ0v) is 10.6. The van der Waals surface area contributed by atoms with E-state index in [9.17, 15) is 4.79 Å². The molecular formula is C14H24N2O. The molecule has 3 nitrogen and oxygen atoms in total. The van der Waals surface area contributed by atoms with Gasteiger partial charge in [0.1, 0.15) is 0 Å². The van der Waals surface area contributed by atoms with Gasteiger partial charge >= 0.3 is 0 Å². The summed E-state index contributed by atoms with van der Waals surface area (Å²) in [6.07, 6.45) is 14.3. The predicted molar refractivity (Wildman–Crippen MR) is 70.6 cm³/mol. The van der Waals surface area contributed by atoms with Crippen LogP contribution in [-0.2, 0) is 4.79 Å². The van der Waals surface area contributed by atoms with Crippen LogP contribution in [0.2, 0.25) is 0 Å². The van der Waals surface area contributed by atoms with Crippen molar-refractivity contribution in [1.82, 2.24) is 10.6 Å². The molecule has 1 fully saturated rings. The van der Waals surface area contributed by atoms with Crippen molar-refractivity contribution in [2.24, 2.45) is 0 Å². The van der Waals surface area contributed by atoms with Crippen LogP contribution in [0.5, 0.6) is 0 Å². The van der Waals surface area contributed by atoms with Gasteiger partial charge < -0.3 is 10.6 Å². The molecular weight excluding hydrogens is 212 g/mol. The van der Waals surface area contributed by atoms with Crippen LogP contribution in [0.4, 0.5) is 0 Å². The van der Waals surface area contributed by atoms with Crippen molar-refractivity contribution < 1.29 is 4.79 Å². The van der Waals surface area contributed by atoms with Gasteiger partial charge in [-0.1, -0.05) is 25.7 Å². The third kappa shape index (κ3) is 7.01. The summed E-state index contributed by atoms with van der Waals surface area (Å²) in [6.45, 7) is 1.24. The monoisotopic (exact) mass is 236 g/mol. The summed E-state index contributed by atoms with van der Waals surface area (Å²) in [5.74, 6) is 2.71. The minimum atomic E-state index is 0.123. The van der Waals surface area contributed by atoms with Crippen LogP contribution in [0.1, 0.15) is 51.4 Å². The highest BCUT2D eigenvalue weighted by Gasteiger charge is 2.13. The maximum atomic E-state index is 11.6. The van der Waals surface area contributed by atoms with E-state index >= 15 is 0 Å². The molecule has 1 saturated carbocycles. The van der Waals surface area contributed by atoms with Crippen LogP contribution in [0.3, 0.4) is 0 Å². The first-order valence-electron chi connectivity index (χ1n) is 6.76. The molecule has 0 aliphatic heterocycles. The van der Waals surface area contributed by atoms with Crippen LogP contribution in [0.15, 0.2) is 0 Å². The van der Waals surface area contributed by atoms with Gasteiger partial charge in [0, 0.05) is 12.5 Å². The summed E-state index contributed by atoms with van der Waals surface area (Å²) < 4.78 is 0. The summed E-state index contributed by atoms with van der Waals surface area (Å²) in [5.41, 5.74) is 0. The molecule has 0 saturated heterocycles. The molecule has 0 bridgehead atoms. The second-order valence-electron chi connectivity index (χ2n) is 4.74. The van der Waals surface area contributed by atoms with Gasteiger partial charge in [-0.25, -0.2) is 0 Å². The summed E-state index contributed by atoms with van der Waals surface area (Å²) in [7, 11) is 0. The Morgan fingerprint density at radius 2 is 1.94 bits per heavy atom. The summed E-state index contributed by atoms with van der Waals surface area (Å²) >= 11 is 0. The molecule has 2 N–H and O–H groups in total. The Labute approximate surface area is 105 Å². The van der Waals surface area contributed by atoms with E-state index in [1.54, 1.807) is 0 Å². The largest absolute Gasteiger partial charge is 0.352 e. The van der Waals surface area contributed by atoms with E-state index in [-0.39, 0.29) is 5.91 Å². The summed E-state index contributed by atoms with van der Waals surface area (Å²) in [6, 6.07) is 0.400. The van der Waals surface area contributed by atoms with Gasteiger partial charge in [-0.15, -0.1) is 12.3 Å². The number of terminal acetylenes is 1. The molecule has 1 aliphatic rings. The topological polar surface area (TPSA) is 41.1 Å². The molecule has 17 heavy (non-hydrogen) atoms. The quantitative estimate of drug-likeness (QED) is 0.420. The number of nitrogens with one attached hydrogen (secondary N) is 2. The van der Waals surface area contributed by atoms with Crippen molar-refractivity contribution in [3.8, 4) is 12.3 Å². The van der Waals surface area contributed by atoms with Gasteiger partial charge in [-0.2, -0.15) is 0 Å². The van der Waals surface area contributed by atoms with Gasteiger partial charge in [0.15, 0.2) is 0 Å². The maximum Gasteiger partial charge on any atom is 0.234 e. The second-order valence-corrected chi connectivity index (χ2v) is 4.74. The number of hydrogen-bond acceptors (Lipinski definition) is 2. The van der Waals surface area contributed by atoms with E-state index in [2.05, 4.69) is 16.6 Å². The highest BCUT2D eigenvalue weighted by Crippen LogP contribution is 2.16. The smallest absolute Gasteiger partial charge is 0.234 e. The fraction of sp³-hybridized carbons (Fsp3) is 0.786. The van der Waals surface area contributed by atoms with Gasteiger partial charge in [0.25, 0.3) is 0 Å². The minimum Gasteiger partial charge on any atom is -0.352 e. The van der Waals surface area contributed by atoms with E-state index < -0.39 is 0 Å². The van der Waals surface area contributed by atoms with Crippen molar-refractivity contribution >= 4 is 5.91 Å². The summed E-state index contributed by atoms with van der Waals surface area (Å²) in [4.78, 5) is 11.6. The van der Waals surface area contributed by atoms with Crippen LogP contribution in [0.25, 0.3) is 0 Å². The molecule has 0 atom stereocenters. The van der Waals surface area contributed by atoms with Crippen LogP contribution >= 0.6 is 0 Å². The van der Waals surface area contributed by atoms with Gasteiger partial charge in [-0.3, -0.25) is 4.79 Å². The normalized spacial score (nSPS) is 17.1. The Morgan fingerprint density at radius 3 is 2.59 bits per heavy atom. The van der Waals surface area contributed by atoms with E-state index in [4.69, 9.17) is 6.42 Å². The third-order valence-electron chi connectivity index (χ3n) is 3.18.